The van der Waals surface area contributed by atoms with Gasteiger partial charge in [0.2, 0.25) is 11.8 Å². The number of carbonyl (C=O) groups excluding carboxylic acids is 2. The molecule has 2 amide bonds. The maximum absolute atomic E-state index is 13.0. The summed E-state index contributed by atoms with van der Waals surface area (Å²) in [4.78, 5) is 29.5. The summed E-state index contributed by atoms with van der Waals surface area (Å²) in [7, 11) is 1.94. The molecule has 144 valence electrons. The Balaban J connectivity index is 0.00000243. The third-order valence-electron chi connectivity index (χ3n) is 5.42. The van der Waals surface area contributed by atoms with Crippen molar-refractivity contribution in [2.45, 2.75) is 38.1 Å². The van der Waals surface area contributed by atoms with E-state index in [9.17, 15) is 9.59 Å². The number of benzene rings is 1. The van der Waals surface area contributed by atoms with E-state index in [0.717, 1.165) is 50.9 Å². The minimum absolute atomic E-state index is 0. The molecular formula is C20H30ClN3O2. The predicted octanol–water partition coefficient (Wildman–Crippen LogP) is 2.10. The minimum Gasteiger partial charge on any atom is -0.342 e. The number of hydrogen-bond donors (Lipinski definition) is 1. The Morgan fingerprint density at radius 1 is 1.12 bits per heavy atom. The van der Waals surface area contributed by atoms with Gasteiger partial charge in [0, 0.05) is 32.2 Å². The largest absolute Gasteiger partial charge is 0.342 e. The summed E-state index contributed by atoms with van der Waals surface area (Å²) in [5, 5.41) is 3.19. The lowest BCUT2D eigenvalue weighted by Gasteiger charge is -2.35. The lowest BCUT2D eigenvalue weighted by molar-refractivity contribution is -0.141. The van der Waals surface area contributed by atoms with Crippen LogP contribution >= 0.6 is 12.4 Å². The van der Waals surface area contributed by atoms with Crippen LogP contribution in [0.3, 0.4) is 0 Å². The van der Waals surface area contributed by atoms with E-state index < -0.39 is 0 Å². The summed E-state index contributed by atoms with van der Waals surface area (Å²) >= 11 is 0. The van der Waals surface area contributed by atoms with Gasteiger partial charge in [0.25, 0.3) is 0 Å². The zero-order valence-corrected chi connectivity index (χ0v) is 16.3. The van der Waals surface area contributed by atoms with Crippen LogP contribution in [0.15, 0.2) is 30.3 Å². The van der Waals surface area contributed by atoms with Crippen LogP contribution in [-0.2, 0) is 16.0 Å². The van der Waals surface area contributed by atoms with Crippen LogP contribution in [0.4, 0.5) is 0 Å². The molecule has 2 unspecified atom stereocenters. The van der Waals surface area contributed by atoms with Crippen LogP contribution in [0.1, 0.15) is 31.2 Å². The lowest BCUT2D eigenvalue weighted by Crippen LogP contribution is -2.49. The van der Waals surface area contributed by atoms with Gasteiger partial charge in [0.05, 0.1) is 12.3 Å². The van der Waals surface area contributed by atoms with Crippen molar-refractivity contribution in [1.29, 1.82) is 0 Å². The van der Waals surface area contributed by atoms with Crippen LogP contribution in [0.25, 0.3) is 0 Å². The number of nitrogens with zero attached hydrogens (tertiary/aromatic N) is 2. The number of likely N-dealkylation sites (tertiary alicyclic amines) is 2. The zero-order valence-electron chi connectivity index (χ0n) is 15.5. The van der Waals surface area contributed by atoms with E-state index in [1.54, 1.807) is 0 Å². The van der Waals surface area contributed by atoms with Crippen LogP contribution < -0.4 is 5.32 Å². The van der Waals surface area contributed by atoms with E-state index in [-0.39, 0.29) is 30.1 Å². The molecule has 0 saturated carbocycles. The highest BCUT2D eigenvalue weighted by molar-refractivity contribution is 5.85. The highest BCUT2D eigenvalue weighted by atomic mass is 35.5. The van der Waals surface area contributed by atoms with Crippen molar-refractivity contribution in [3.8, 4) is 0 Å². The maximum atomic E-state index is 13.0. The third kappa shape index (κ3) is 4.98. The second-order valence-electron chi connectivity index (χ2n) is 7.23. The molecule has 0 spiro atoms. The Labute approximate surface area is 162 Å². The zero-order chi connectivity index (χ0) is 17.6. The molecule has 2 saturated heterocycles. The third-order valence-corrected chi connectivity index (χ3v) is 5.42. The van der Waals surface area contributed by atoms with Crippen LogP contribution in [0, 0.1) is 5.92 Å². The molecule has 3 rings (SSSR count). The van der Waals surface area contributed by atoms with E-state index in [2.05, 4.69) is 5.32 Å². The Kier molecular flexibility index (Phi) is 7.91. The average molecular weight is 380 g/mol. The number of hydrogen-bond acceptors (Lipinski definition) is 3. The number of halogens is 1. The van der Waals surface area contributed by atoms with E-state index in [4.69, 9.17) is 0 Å². The van der Waals surface area contributed by atoms with Gasteiger partial charge in [0.1, 0.15) is 0 Å². The summed E-state index contributed by atoms with van der Waals surface area (Å²) in [5.41, 5.74) is 1.04. The summed E-state index contributed by atoms with van der Waals surface area (Å²) < 4.78 is 0. The lowest BCUT2D eigenvalue weighted by atomic mass is 9.95. The van der Waals surface area contributed by atoms with Crippen LogP contribution in [-0.4, -0.2) is 60.9 Å². The molecule has 0 radical (unpaired) electrons. The Morgan fingerprint density at radius 3 is 2.58 bits per heavy atom. The first-order chi connectivity index (χ1) is 12.2. The quantitative estimate of drug-likeness (QED) is 0.852. The molecule has 2 aliphatic heterocycles. The van der Waals surface area contributed by atoms with Crippen molar-refractivity contribution in [2.75, 3.05) is 33.2 Å². The van der Waals surface area contributed by atoms with Crippen molar-refractivity contribution >= 4 is 24.2 Å². The molecule has 6 heteroatoms. The minimum atomic E-state index is -0.0362. The molecule has 1 aromatic carbocycles. The summed E-state index contributed by atoms with van der Waals surface area (Å²) in [6.07, 6.45) is 4.41. The van der Waals surface area contributed by atoms with Gasteiger partial charge in [-0.25, -0.2) is 0 Å². The Morgan fingerprint density at radius 2 is 1.85 bits per heavy atom. The van der Waals surface area contributed by atoms with E-state index in [1.165, 1.54) is 0 Å². The molecule has 2 aliphatic rings. The fourth-order valence-electron chi connectivity index (χ4n) is 4.10. The fourth-order valence-corrected chi connectivity index (χ4v) is 4.10. The molecule has 26 heavy (non-hydrogen) atoms. The fraction of sp³-hybridized carbons (Fsp3) is 0.600. The van der Waals surface area contributed by atoms with E-state index in [0.29, 0.717) is 19.0 Å². The molecule has 0 aliphatic carbocycles. The maximum Gasteiger partial charge on any atom is 0.227 e. The second-order valence-corrected chi connectivity index (χ2v) is 7.23. The van der Waals surface area contributed by atoms with Crippen molar-refractivity contribution in [1.82, 2.24) is 15.1 Å². The number of piperidine rings is 1. The van der Waals surface area contributed by atoms with Gasteiger partial charge in [-0.2, -0.15) is 0 Å². The summed E-state index contributed by atoms with van der Waals surface area (Å²) in [6, 6.07) is 10.2. The van der Waals surface area contributed by atoms with Gasteiger partial charge in [0.15, 0.2) is 0 Å². The van der Waals surface area contributed by atoms with Gasteiger partial charge >= 0.3 is 0 Å². The first kappa shape index (κ1) is 20.7. The van der Waals surface area contributed by atoms with Crippen molar-refractivity contribution in [3.63, 3.8) is 0 Å². The van der Waals surface area contributed by atoms with Crippen molar-refractivity contribution in [2.24, 2.45) is 5.92 Å². The highest BCUT2D eigenvalue weighted by Gasteiger charge is 2.35. The van der Waals surface area contributed by atoms with Gasteiger partial charge in [-0.15, -0.1) is 12.4 Å². The van der Waals surface area contributed by atoms with Gasteiger partial charge in [-0.05, 0) is 38.3 Å². The SMILES string of the molecule is CNCC1CCCN1C(=O)C1CCCN(C(=O)Cc2ccccc2)C1.Cl. The summed E-state index contributed by atoms with van der Waals surface area (Å²) in [6.45, 7) is 3.07. The smallest absolute Gasteiger partial charge is 0.227 e. The molecule has 0 aromatic heterocycles. The predicted molar refractivity (Wildman–Crippen MR) is 105 cm³/mol. The number of carbonyl (C=O) groups is 2. The van der Waals surface area contributed by atoms with E-state index >= 15 is 0 Å². The standard InChI is InChI=1S/C20H29N3O2.ClH/c1-21-14-18-10-6-12-23(18)20(25)17-9-5-11-22(15-17)19(24)13-16-7-3-2-4-8-16;/h2-4,7-8,17-18,21H,5-6,9-15H2,1H3;1H. The molecule has 2 fully saturated rings. The van der Waals surface area contributed by atoms with Gasteiger partial charge in [-0.3, -0.25) is 9.59 Å². The normalized spacial score (nSPS) is 22.8. The first-order valence-electron chi connectivity index (χ1n) is 9.46. The van der Waals surface area contributed by atoms with Gasteiger partial charge < -0.3 is 15.1 Å². The van der Waals surface area contributed by atoms with E-state index in [1.807, 2.05) is 47.2 Å². The average Bonchev–Trinajstić information content (AvgIpc) is 3.10. The topological polar surface area (TPSA) is 52.7 Å². The summed E-state index contributed by atoms with van der Waals surface area (Å²) in [5.74, 6) is 0.345. The van der Waals surface area contributed by atoms with Crippen LogP contribution in [0.5, 0.6) is 0 Å². The molecule has 2 atom stereocenters. The Bertz CT molecular complexity index is 596. The molecule has 0 bridgehead atoms. The number of rotatable bonds is 5. The number of likely N-dealkylation sites (N-methyl/N-ethyl adjacent to an activating group) is 1. The van der Waals surface area contributed by atoms with Crippen molar-refractivity contribution in [3.05, 3.63) is 35.9 Å². The molecule has 2 heterocycles. The Hall–Kier alpha value is -1.59. The monoisotopic (exact) mass is 379 g/mol. The number of amides is 2. The van der Waals surface area contributed by atoms with Crippen LogP contribution in [0.2, 0.25) is 0 Å². The van der Waals surface area contributed by atoms with Gasteiger partial charge in [-0.1, -0.05) is 30.3 Å². The molecule has 1 aromatic rings. The highest BCUT2D eigenvalue weighted by Crippen LogP contribution is 2.25. The molecule has 1 N–H and O–H groups in total. The first-order valence-corrected chi connectivity index (χ1v) is 9.46. The van der Waals surface area contributed by atoms with Crippen molar-refractivity contribution < 1.29 is 9.59 Å². The molecular weight excluding hydrogens is 350 g/mol. The second kappa shape index (κ2) is 9.93. The number of nitrogens with one attached hydrogen (secondary N) is 1. The molecule has 5 nitrogen and oxygen atoms in total.